The van der Waals surface area contributed by atoms with E-state index in [2.05, 4.69) is 15.5 Å². The SMILES string of the molecule is CCOc1ccc([N+](=O)[O-])c(C(=O)NCc2nnc(C)n2C2CC2)c1. The van der Waals surface area contributed by atoms with E-state index in [1.54, 1.807) is 6.92 Å². The monoisotopic (exact) mass is 345 g/mol. The number of hydrogen-bond acceptors (Lipinski definition) is 6. The number of nitrogens with zero attached hydrogens (tertiary/aromatic N) is 4. The molecule has 1 fully saturated rings. The molecule has 1 aliphatic rings. The van der Waals surface area contributed by atoms with Gasteiger partial charge in [0.15, 0.2) is 5.82 Å². The van der Waals surface area contributed by atoms with E-state index < -0.39 is 10.8 Å². The molecule has 0 atom stereocenters. The lowest BCUT2D eigenvalue weighted by Crippen LogP contribution is -2.25. The summed E-state index contributed by atoms with van der Waals surface area (Å²) < 4.78 is 7.33. The number of ether oxygens (including phenoxy) is 1. The average Bonchev–Trinajstić information content (AvgIpc) is 3.35. The summed E-state index contributed by atoms with van der Waals surface area (Å²) >= 11 is 0. The first-order chi connectivity index (χ1) is 12.0. The van der Waals surface area contributed by atoms with E-state index in [4.69, 9.17) is 4.74 Å². The van der Waals surface area contributed by atoms with Crippen molar-refractivity contribution in [2.75, 3.05) is 6.61 Å². The Hall–Kier alpha value is -2.97. The first kappa shape index (κ1) is 16.9. The summed E-state index contributed by atoms with van der Waals surface area (Å²) in [5.74, 6) is 1.32. The second kappa shape index (κ2) is 6.88. The van der Waals surface area contributed by atoms with Crippen molar-refractivity contribution in [2.45, 2.75) is 39.3 Å². The molecule has 1 N–H and O–H groups in total. The predicted molar refractivity (Wildman–Crippen MR) is 88.5 cm³/mol. The fraction of sp³-hybridized carbons (Fsp3) is 0.438. The molecule has 9 nitrogen and oxygen atoms in total. The van der Waals surface area contributed by atoms with Crippen molar-refractivity contribution in [3.63, 3.8) is 0 Å². The second-order valence-electron chi connectivity index (χ2n) is 5.82. The standard InChI is InChI=1S/C16H19N5O4/c1-3-25-12-6-7-14(21(23)24)13(8-12)16(22)17-9-15-19-18-10(2)20(15)11-4-5-11/h6-8,11H,3-5,9H2,1-2H3,(H,17,22). The number of benzene rings is 1. The zero-order valence-electron chi connectivity index (χ0n) is 14.1. The minimum atomic E-state index is -0.582. The number of carbonyl (C=O) groups is 1. The molecule has 0 radical (unpaired) electrons. The van der Waals surface area contributed by atoms with Gasteiger partial charge in [0, 0.05) is 12.1 Å². The number of carbonyl (C=O) groups excluding carboxylic acids is 1. The molecule has 0 aliphatic heterocycles. The minimum absolute atomic E-state index is 0.0369. The molecule has 0 spiro atoms. The van der Waals surface area contributed by atoms with E-state index in [0.29, 0.717) is 24.2 Å². The molecule has 2 aromatic rings. The Bertz CT molecular complexity index is 813. The lowest BCUT2D eigenvalue weighted by atomic mass is 10.1. The van der Waals surface area contributed by atoms with E-state index >= 15 is 0 Å². The fourth-order valence-corrected chi connectivity index (χ4v) is 2.71. The lowest BCUT2D eigenvalue weighted by Gasteiger charge is -2.10. The summed E-state index contributed by atoms with van der Waals surface area (Å²) in [5, 5.41) is 22.0. The summed E-state index contributed by atoms with van der Waals surface area (Å²) in [4.78, 5) is 23.1. The van der Waals surface area contributed by atoms with Gasteiger partial charge >= 0.3 is 0 Å². The van der Waals surface area contributed by atoms with Gasteiger partial charge in [0.1, 0.15) is 17.1 Å². The Labute approximate surface area is 144 Å². The second-order valence-corrected chi connectivity index (χ2v) is 5.82. The van der Waals surface area contributed by atoms with Crippen LogP contribution in [0.25, 0.3) is 0 Å². The van der Waals surface area contributed by atoms with Crippen molar-refractivity contribution in [1.82, 2.24) is 20.1 Å². The highest BCUT2D eigenvalue weighted by atomic mass is 16.6. The van der Waals surface area contributed by atoms with Crippen LogP contribution >= 0.6 is 0 Å². The third-order valence-electron chi connectivity index (χ3n) is 3.98. The van der Waals surface area contributed by atoms with Crippen LogP contribution < -0.4 is 10.1 Å². The van der Waals surface area contributed by atoms with Gasteiger partial charge in [-0.05, 0) is 38.8 Å². The maximum Gasteiger partial charge on any atom is 0.282 e. The largest absolute Gasteiger partial charge is 0.494 e. The van der Waals surface area contributed by atoms with Gasteiger partial charge in [-0.3, -0.25) is 14.9 Å². The topological polar surface area (TPSA) is 112 Å². The van der Waals surface area contributed by atoms with E-state index in [1.165, 1.54) is 18.2 Å². The minimum Gasteiger partial charge on any atom is -0.494 e. The fourth-order valence-electron chi connectivity index (χ4n) is 2.71. The smallest absolute Gasteiger partial charge is 0.282 e. The Balaban J connectivity index is 1.78. The number of rotatable bonds is 7. The first-order valence-electron chi connectivity index (χ1n) is 8.11. The van der Waals surface area contributed by atoms with E-state index in [0.717, 1.165) is 18.7 Å². The Kier molecular flexibility index (Phi) is 4.64. The maximum atomic E-state index is 12.5. The number of aromatic nitrogens is 3. The van der Waals surface area contributed by atoms with E-state index in [-0.39, 0.29) is 17.8 Å². The highest BCUT2D eigenvalue weighted by Gasteiger charge is 2.28. The number of hydrogen-bond donors (Lipinski definition) is 1. The molecule has 132 valence electrons. The zero-order valence-corrected chi connectivity index (χ0v) is 14.1. The van der Waals surface area contributed by atoms with Gasteiger partial charge in [-0.2, -0.15) is 0 Å². The molecular weight excluding hydrogens is 326 g/mol. The molecule has 1 saturated carbocycles. The first-order valence-corrected chi connectivity index (χ1v) is 8.11. The van der Waals surface area contributed by atoms with Gasteiger partial charge < -0.3 is 14.6 Å². The zero-order chi connectivity index (χ0) is 18.0. The van der Waals surface area contributed by atoms with Gasteiger partial charge in [-0.15, -0.1) is 10.2 Å². The van der Waals surface area contributed by atoms with Crippen molar-refractivity contribution < 1.29 is 14.5 Å². The Morgan fingerprint density at radius 2 is 2.20 bits per heavy atom. The quantitative estimate of drug-likeness (QED) is 0.608. The molecule has 25 heavy (non-hydrogen) atoms. The normalized spacial score (nSPS) is 13.5. The van der Waals surface area contributed by atoms with Crippen LogP contribution in [-0.4, -0.2) is 32.2 Å². The molecule has 1 aliphatic carbocycles. The molecule has 1 heterocycles. The predicted octanol–water partition coefficient (Wildman–Crippen LogP) is 2.16. The highest BCUT2D eigenvalue weighted by molar-refractivity contribution is 5.98. The van der Waals surface area contributed by atoms with Crippen LogP contribution in [0.1, 0.15) is 47.8 Å². The summed E-state index contributed by atoms with van der Waals surface area (Å²) in [7, 11) is 0. The summed E-state index contributed by atoms with van der Waals surface area (Å²) in [6.07, 6.45) is 2.14. The van der Waals surface area contributed by atoms with E-state index in [9.17, 15) is 14.9 Å². The average molecular weight is 345 g/mol. The van der Waals surface area contributed by atoms with Crippen LogP contribution in [-0.2, 0) is 6.54 Å². The van der Waals surface area contributed by atoms with Crippen molar-refractivity contribution in [1.29, 1.82) is 0 Å². The van der Waals surface area contributed by atoms with E-state index in [1.807, 2.05) is 11.5 Å². The van der Waals surface area contributed by atoms with Crippen LogP contribution in [0.3, 0.4) is 0 Å². The third kappa shape index (κ3) is 3.59. The van der Waals surface area contributed by atoms with Gasteiger partial charge in [0.2, 0.25) is 0 Å². The molecule has 1 aromatic carbocycles. The Morgan fingerprint density at radius 1 is 1.44 bits per heavy atom. The number of nitro benzene ring substituents is 1. The number of nitrogens with one attached hydrogen (secondary N) is 1. The highest BCUT2D eigenvalue weighted by Crippen LogP contribution is 2.36. The van der Waals surface area contributed by atoms with Gasteiger partial charge in [0.05, 0.1) is 18.1 Å². The van der Waals surface area contributed by atoms with Crippen LogP contribution in [0.5, 0.6) is 5.75 Å². The third-order valence-corrected chi connectivity index (χ3v) is 3.98. The van der Waals surface area contributed by atoms with Crippen LogP contribution in [0, 0.1) is 17.0 Å². The molecule has 0 saturated heterocycles. The Morgan fingerprint density at radius 3 is 2.84 bits per heavy atom. The van der Waals surface area contributed by atoms with Crippen molar-refractivity contribution >= 4 is 11.6 Å². The van der Waals surface area contributed by atoms with Crippen molar-refractivity contribution in [3.8, 4) is 5.75 Å². The van der Waals surface area contributed by atoms with Crippen molar-refractivity contribution in [2.24, 2.45) is 0 Å². The lowest BCUT2D eigenvalue weighted by molar-refractivity contribution is -0.385. The molecule has 9 heteroatoms. The summed E-state index contributed by atoms with van der Waals surface area (Å²) in [5.41, 5.74) is -0.300. The number of nitro groups is 1. The maximum absolute atomic E-state index is 12.5. The van der Waals surface area contributed by atoms with Gasteiger partial charge in [0.25, 0.3) is 11.6 Å². The molecule has 0 unspecified atom stereocenters. The molecule has 1 amide bonds. The molecule has 1 aromatic heterocycles. The van der Waals surface area contributed by atoms with Gasteiger partial charge in [-0.1, -0.05) is 0 Å². The van der Waals surface area contributed by atoms with Crippen molar-refractivity contribution in [3.05, 3.63) is 45.5 Å². The van der Waals surface area contributed by atoms with Crippen LogP contribution in [0.4, 0.5) is 5.69 Å². The van der Waals surface area contributed by atoms with Crippen LogP contribution in [0.2, 0.25) is 0 Å². The summed E-state index contributed by atoms with van der Waals surface area (Å²) in [6.45, 7) is 4.23. The summed E-state index contributed by atoms with van der Waals surface area (Å²) in [6, 6.07) is 4.52. The molecule has 0 bridgehead atoms. The molecule has 3 rings (SSSR count). The number of aryl methyl sites for hydroxylation is 1. The number of amides is 1. The molecular formula is C16H19N5O4. The van der Waals surface area contributed by atoms with Crippen LogP contribution in [0.15, 0.2) is 18.2 Å². The van der Waals surface area contributed by atoms with Gasteiger partial charge in [-0.25, -0.2) is 0 Å².